The maximum absolute atomic E-state index is 12.7. The molecule has 4 aromatic rings. The van der Waals surface area contributed by atoms with Crippen LogP contribution in [0.3, 0.4) is 0 Å². The Morgan fingerprint density at radius 1 is 1.00 bits per heavy atom. The SMILES string of the molecule is Cc1c(/C=N\NC(=O)c2ccccc2-n2cccc2)c2ccccc2n1C. The molecule has 0 saturated heterocycles. The third-order valence-electron chi connectivity index (χ3n) is 4.84. The molecule has 0 bridgehead atoms. The zero-order valence-corrected chi connectivity index (χ0v) is 15.3. The number of aromatic nitrogens is 2. The van der Waals surface area contributed by atoms with E-state index in [1.54, 1.807) is 12.3 Å². The average molecular weight is 356 g/mol. The zero-order chi connectivity index (χ0) is 18.8. The van der Waals surface area contributed by atoms with Crippen LogP contribution in [-0.2, 0) is 7.05 Å². The van der Waals surface area contributed by atoms with Gasteiger partial charge in [0.15, 0.2) is 0 Å². The molecule has 0 spiro atoms. The number of fused-ring (bicyclic) bond motifs is 1. The van der Waals surface area contributed by atoms with Crippen molar-refractivity contribution in [2.75, 3.05) is 0 Å². The van der Waals surface area contributed by atoms with Crippen LogP contribution in [0.15, 0.2) is 78.2 Å². The molecule has 1 N–H and O–H groups in total. The third-order valence-corrected chi connectivity index (χ3v) is 4.84. The molecule has 134 valence electrons. The normalized spacial score (nSPS) is 11.3. The average Bonchev–Trinajstić information content (AvgIpc) is 3.32. The molecule has 27 heavy (non-hydrogen) atoms. The number of para-hydroxylation sites is 2. The number of hydrogen-bond donors (Lipinski definition) is 1. The zero-order valence-electron chi connectivity index (χ0n) is 15.3. The summed E-state index contributed by atoms with van der Waals surface area (Å²) in [5.74, 6) is -0.242. The van der Waals surface area contributed by atoms with Crippen molar-refractivity contribution in [3.05, 3.63) is 89.9 Å². The number of hydrazone groups is 1. The Kier molecular flexibility index (Phi) is 4.34. The predicted octanol–water partition coefficient (Wildman–Crippen LogP) is 4.04. The van der Waals surface area contributed by atoms with E-state index in [9.17, 15) is 4.79 Å². The molecule has 2 aromatic carbocycles. The molecule has 5 heteroatoms. The van der Waals surface area contributed by atoms with Crippen molar-refractivity contribution in [1.82, 2.24) is 14.6 Å². The van der Waals surface area contributed by atoms with E-state index >= 15 is 0 Å². The van der Waals surface area contributed by atoms with Gasteiger partial charge in [0.2, 0.25) is 0 Å². The van der Waals surface area contributed by atoms with Crippen molar-refractivity contribution < 1.29 is 4.79 Å². The number of carbonyl (C=O) groups is 1. The summed E-state index contributed by atoms with van der Waals surface area (Å²) >= 11 is 0. The lowest BCUT2D eigenvalue weighted by Gasteiger charge is -2.09. The first-order valence-electron chi connectivity index (χ1n) is 8.76. The predicted molar refractivity (Wildman–Crippen MR) is 108 cm³/mol. The number of amides is 1. The van der Waals surface area contributed by atoms with E-state index in [1.807, 2.05) is 73.4 Å². The van der Waals surface area contributed by atoms with Gasteiger partial charge in [0, 0.05) is 41.6 Å². The molecule has 0 aliphatic rings. The van der Waals surface area contributed by atoms with Crippen molar-refractivity contribution in [3.8, 4) is 5.69 Å². The number of carbonyl (C=O) groups excluding carboxylic acids is 1. The van der Waals surface area contributed by atoms with Gasteiger partial charge in [0.1, 0.15) is 0 Å². The summed E-state index contributed by atoms with van der Waals surface area (Å²) in [7, 11) is 2.03. The molecular weight excluding hydrogens is 336 g/mol. The van der Waals surface area contributed by atoms with E-state index in [2.05, 4.69) is 27.2 Å². The Hall–Kier alpha value is -3.60. The van der Waals surface area contributed by atoms with Crippen LogP contribution in [0.1, 0.15) is 21.6 Å². The highest BCUT2D eigenvalue weighted by Crippen LogP contribution is 2.23. The van der Waals surface area contributed by atoms with E-state index in [0.29, 0.717) is 5.56 Å². The van der Waals surface area contributed by atoms with Gasteiger partial charge < -0.3 is 9.13 Å². The van der Waals surface area contributed by atoms with Crippen LogP contribution in [0.5, 0.6) is 0 Å². The molecule has 0 atom stereocenters. The minimum Gasteiger partial charge on any atom is -0.347 e. The molecule has 2 heterocycles. The molecule has 0 radical (unpaired) electrons. The van der Waals surface area contributed by atoms with E-state index in [4.69, 9.17) is 0 Å². The summed E-state index contributed by atoms with van der Waals surface area (Å²) in [6.45, 7) is 2.05. The summed E-state index contributed by atoms with van der Waals surface area (Å²) < 4.78 is 4.04. The second-order valence-electron chi connectivity index (χ2n) is 6.38. The van der Waals surface area contributed by atoms with Crippen LogP contribution in [0.25, 0.3) is 16.6 Å². The summed E-state index contributed by atoms with van der Waals surface area (Å²) in [5, 5.41) is 5.33. The smallest absolute Gasteiger partial charge is 0.273 e. The third kappa shape index (κ3) is 3.04. The molecule has 0 aliphatic heterocycles. The van der Waals surface area contributed by atoms with Gasteiger partial charge in [-0.3, -0.25) is 4.79 Å². The largest absolute Gasteiger partial charge is 0.347 e. The Labute approximate surface area is 157 Å². The maximum atomic E-state index is 12.7. The molecule has 4 rings (SSSR count). The van der Waals surface area contributed by atoms with Crippen LogP contribution in [0, 0.1) is 6.92 Å². The summed E-state index contributed by atoms with van der Waals surface area (Å²) in [4.78, 5) is 12.7. The minimum atomic E-state index is -0.242. The first kappa shape index (κ1) is 16.8. The van der Waals surface area contributed by atoms with Crippen LogP contribution >= 0.6 is 0 Å². The van der Waals surface area contributed by atoms with Crippen LogP contribution in [-0.4, -0.2) is 21.3 Å². The van der Waals surface area contributed by atoms with Crippen molar-refractivity contribution in [2.24, 2.45) is 12.1 Å². The van der Waals surface area contributed by atoms with Gasteiger partial charge >= 0.3 is 0 Å². The fourth-order valence-electron chi connectivity index (χ4n) is 3.31. The van der Waals surface area contributed by atoms with E-state index < -0.39 is 0 Å². The quantitative estimate of drug-likeness (QED) is 0.435. The standard InChI is InChI=1S/C22H20N4O/c1-16-19(17-9-3-5-11-20(17)25(16)2)15-23-24-22(27)18-10-4-6-12-21(18)26-13-7-8-14-26/h3-15H,1-2H3,(H,24,27)/b23-15-. The van der Waals surface area contributed by atoms with Gasteiger partial charge in [0.05, 0.1) is 17.5 Å². The molecule has 2 aromatic heterocycles. The van der Waals surface area contributed by atoms with Crippen LogP contribution in [0.4, 0.5) is 0 Å². The lowest BCUT2D eigenvalue weighted by Crippen LogP contribution is -2.19. The second-order valence-corrected chi connectivity index (χ2v) is 6.38. The van der Waals surface area contributed by atoms with Gasteiger partial charge in [-0.05, 0) is 37.3 Å². The van der Waals surface area contributed by atoms with Crippen molar-refractivity contribution in [3.63, 3.8) is 0 Å². The maximum Gasteiger partial charge on any atom is 0.273 e. The summed E-state index contributed by atoms with van der Waals surface area (Å²) in [5.41, 5.74) is 7.29. The van der Waals surface area contributed by atoms with E-state index in [-0.39, 0.29) is 5.91 Å². The van der Waals surface area contributed by atoms with Gasteiger partial charge in [-0.2, -0.15) is 5.10 Å². The number of hydrogen-bond acceptors (Lipinski definition) is 2. The lowest BCUT2D eigenvalue weighted by molar-refractivity contribution is 0.0955. The number of aryl methyl sites for hydroxylation is 1. The molecule has 1 amide bonds. The first-order chi connectivity index (χ1) is 13.2. The van der Waals surface area contributed by atoms with E-state index in [1.165, 1.54) is 0 Å². The highest BCUT2D eigenvalue weighted by Gasteiger charge is 2.12. The number of benzene rings is 2. The van der Waals surface area contributed by atoms with Gasteiger partial charge in [0.25, 0.3) is 5.91 Å². The summed E-state index contributed by atoms with van der Waals surface area (Å²) in [6, 6.07) is 19.5. The van der Waals surface area contributed by atoms with Gasteiger partial charge in [-0.25, -0.2) is 5.43 Å². The Morgan fingerprint density at radius 3 is 2.52 bits per heavy atom. The fraction of sp³-hybridized carbons (Fsp3) is 0.0909. The monoisotopic (exact) mass is 356 g/mol. The van der Waals surface area contributed by atoms with Gasteiger partial charge in [-0.15, -0.1) is 0 Å². The second kappa shape index (κ2) is 6.96. The van der Waals surface area contributed by atoms with Gasteiger partial charge in [-0.1, -0.05) is 30.3 Å². The first-order valence-corrected chi connectivity index (χ1v) is 8.76. The Morgan fingerprint density at radius 2 is 1.70 bits per heavy atom. The highest BCUT2D eigenvalue weighted by molar-refractivity contribution is 6.02. The molecular formula is C22H20N4O. The molecule has 0 fully saturated rings. The van der Waals surface area contributed by atoms with Crippen LogP contribution in [0.2, 0.25) is 0 Å². The molecule has 0 aliphatic carbocycles. The van der Waals surface area contributed by atoms with Crippen molar-refractivity contribution >= 4 is 23.0 Å². The lowest BCUT2D eigenvalue weighted by atomic mass is 10.1. The Balaban J connectivity index is 1.60. The molecule has 0 unspecified atom stereocenters. The van der Waals surface area contributed by atoms with Crippen molar-refractivity contribution in [2.45, 2.75) is 6.92 Å². The molecule has 0 saturated carbocycles. The Bertz CT molecular complexity index is 1140. The van der Waals surface area contributed by atoms with E-state index in [0.717, 1.165) is 27.8 Å². The van der Waals surface area contributed by atoms with Crippen LogP contribution < -0.4 is 5.43 Å². The minimum absolute atomic E-state index is 0.242. The highest BCUT2D eigenvalue weighted by atomic mass is 16.2. The summed E-state index contributed by atoms with van der Waals surface area (Å²) in [6.07, 6.45) is 5.54. The molecule has 5 nitrogen and oxygen atoms in total. The number of nitrogens with one attached hydrogen (secondary N) is 1. The number of rotatable bonds is 4. The fourth-order valence-corrected chi connectivity index (χ4v) is 3.31. The number of nitrogens with zero attached hydrogens (tertiary/aromatic N) is 3. The topological polar surface area (TPSA) is 51.3 Å². The van der Waals surface area contributed by atoms with Crippen molar-refractivity contribution in [1.29, 1.82) is 0 Å².